The van der Waals surface area contributed by atoms with Crippen LogP contribution in [0.2, 0.25) is 0 Å². The summed E-state index contributed by atoms with van der Waals surface area (Å²) in [4.78, 5) is 25.0. The Hall–Kier alpha value is -2.93. The van der Waals surface area contributed by atoms with Gasteiger partial charge < -0.3 is 10.1 Å². The maximum atomic E-state index is 12.3. The van der Waals surface area contributed by atoms with Gasteiger partial charge >= 0.3 is 5.97 Å². The molecule has 1 aliphatic carbocycles. The first kappa shape index (κ1) is 17.5. The fourth-order valence-electron chi connectivity index (χ4n) is 2.76. The SMILES string of the molecule is O=C(COC(=O)Cc1cccs1)Nc1cc(C2CC2)nn1-c1ccccc1. The highest BCUT2D eigenvalue weighted by atomic mass is 32.1. The van der Waals surface area contributed by atoms with Gasteiger partial charge in [-0.2, -0.15) is 5.10 Å². The Morgan fingerprint density at radius 2 is 2.00 bits per heavy atom. The summed E-state index contributed by atoms with van der Waals surface area (Å²) >= 11 is 1.49. The van der Waals surface area contributed by atoms with Crippen molar-refractivity contribution in [1.82, 2.24) is 9.78 Å². The summed E-state index contributed by atoms with van der Waals surface area (Å²) in [5, 5.41) is 9.35. The fourth-order valence-corrected chi connectivity index (χ4v) is 3.45. The number of aromatic nitrogens is 2. The van der Waals surface area contributed by atoms with E-state index in [9.17, 15) is 9.59 Å². The number of carbonyl (C=O) groups excluding carboxylic acids is 2. The van der Waals surface area contributed by atoms with Crippen LogP contribution in [0.5, 0.6) is 0 Å². The molecule has 0 atom stereocenters. The number of thiophene rings is 1. The lowest BCUT2D eigenvalue weighted by molar-refractivity contribution is -0.146. The zero-order chi connectivity index (χ0) is 18.6. The second kappa shape index (κ2) is 7.75. The number of hydrogen-bond donors (Lipinski definition) is 1. The third kappa shape index (κ3) is 4.43. The molecule has 0 bridgehead atoms. The molecule has 1 amide bonds. The molecule has 3 aromatic rings. The number of rotatable bonds is 7. The Morgan fingerprint density at radius 3 is 2.70 bits per heavy atom. The smallest absolute Gasteiger partial charge is 0.311 e. The molecule has 27 heavy (non-hydrogen) atoms. The number of nitrogens with zero attached hydrogens (tertiary/aromatic N) is 2. The monoisotopic (exact) mass is 381 g/mol. The first-order chi connectivity index (χ1) is 13.2. The average molecular weight is 381 g/mol. The summed E-state index contributed by atoms with van der Waals surface area (Å²) in [6, 6.07) is 15.3. The number of para-hydroxylation sites is 1. The maximum absolute atomic E-state index is 12.3. The van der Waals surface area contributed by atoms with Gasteiger partial charge in [-0.1, -0.05) is 24.3 Å². The molecule has 2 aromatic heterocycles. The molecule has 1 aliphatic rings. The van der Waals surface area contributed by atoms with Crippen LogP contribution in [0.25, 0.3) is 5.69 Å². The van der Waals surface area contributed by atoms with E-state index in [0.29, 0.717) is 11.7 Å². The van der Waals surface area contributed by atoms with E-state index in [4.69, 9.17) is 4.74 Å². The first-order valence-electron chi connectivity index (χ1n) is 8.82. The van der Waals surface area contributed by atoms with Gasteiger partial charge in [0.1, 0.15) is 5.82 Å². The standard InChI is InChI=1S/C20H19N3O3S/c24-19(13-26-20(25)11-16-7-4-10-27-16)21-18-12-17(14-8-9-14)22-23(18)15-5-2-1-3-6-15/h1-7,10,12,14H,8-9,11,13H2,(H,21,24). The van der Waals surface area contributed by atoms with Crippen molar-refractivity contribution in [3.8, 4) is 5.69 Å². The van der Waals surface area contributed by atoms with Gasteiger partial charge in [0.05, 0.1) is 17.8 Å². The highest BCUT2D eigenvalue weighted by Crippen LogP contribution is 2.40. The summed E-state index contributed by atoms with van der Waals surface area (Å²) in [6.07, 6.45) is 2.43. The molecule has 7 heteroatoms. The van der Waals surface area contributed by atoms with Crippen LogP contribution in [0, 0.1) is 0 Å². The number of esters is 1. The maximum Gasteiger partial charge on any atom is 0.311 e. The van der Waals surface area contributed by atoms with Crippen molar-refractivity contribution in [3.05, 3.63) is 64.5 Å². The predicted octanol–water partition coefficient (Wildman–Crippen LogP) is 3.54. The van der Waals surface area contributed by atoms with Crippen LogP contribution in [0.3, 0.4) is 0 Å². The Morgan fingerprint density at radius 1 is 1.19 bits per heavy atom. The van der Waals surface area contributed by atoms with Crippen LogP contribution in [-0.2, 0) is 20.7 Å². The van der Waals surface area contributed by atoms with Crippen molar-refractivity contribution >= 4 is 29.0 Å². The third-order valence-electron chi connectivity index (χ3n) is 4.26. The summed E-state index contributed by atoms with van der Waals surface area (Å²) in [6.45, 7) is -0.317. The first-order valence-corrected chi connectivity index (χ1v) is 9.70. The normalized spacial score (nSPS) is 13.3. The van der Waals surface area contributed by atoms with Gasteiger partial charge in [-0.25, -0.2) is 4.68 Å². The number of benzene rings is 1. The van der Waals surface area contributed by atoms with E-state index in [0.717, 1.165) is 29.1 Å². The zero-order valence-corrected chi connectivity index (χ0v) is 15.4. The number of carbonyl (C=O) groups is 2. The van der Waals surface area contributed by atoms with Crippen molar-refractivity contribution < 1.29 is 14.3 Å². The van der Waals surface area contributed by atoms with Crippen LogP contribution in [0.15, 0.2) is 53.9 Å². The van der Waals surface area contributed by atoms with E-state index in [1.165, 1.54) is 11.3 Å². The van der Waals surface area contributed by atoms with Gasteiger partial charge in [0.15, 0.2) is 6.61 Å². The summed E-state index contributed by atoms with van der Waals surface area (Å²) < 4.78 is 6.81. The topological polar surface area (TPSA) is 73.2 Å². The second-order valence-corrected chi connectivity index (χ2v) is 7.47. The molecule has 138 valence electrons. The van der Waals surface area contributed by atoms with E-state index < -0.39 is 5.97 Å². The van der Waals surface area contributed by atoms with E-state index in [2.05, 4.69) is 10.4 Å². The molecule has 1 N–H and O–H groups in total. The molecule has 0 aliphatic heterocycles. The van der Waals surface area contributed by atoms with Gasteiger partial charge in [-0.3, -0.25) is 9.59 Å². The minimum Gasteiger partial charge on any atom is -0.455 e. The fraction of sp³-hybridized carbons (Fsp3) is 0.250. The van der Waals surface area contributed by atoms with Crippen LogP contribution in [0.4, 0.5) is 5.82 Å². The van der Waals surface area contributed by atoms with Crippen LogP contribution in [0.1, 0.15) is 29.3 Å². The largest absolute Gasteiger partial charge is 0.455 e. The molecule has 0 spiro atoms. The van der Waals surface area contributed by atoms with Gasteiger partial charge in [0.25, 0.3) is 5.91 Å². The Bertz CT molecular complexity index is 931. The molecule has 1 fully saturated rings. The van der Waals surface area contributed by atoms with E-state index in [1.807, 2.05) is 53.9 Å². The number of nitrogens with one attached hydrogen (secondary N) is 1. The third-order valence-corrected chi connectivity index (χ3v) is 5.13. The van der Waals surface area contributed by atoms with Crippen LogP contribution >= 0.6 is 11.3 Å². The van der Waals surface area contributed by atoms with Gasteiger partial charge in [0, 0.05) is 16.9 Å². The molecule has 6 nitrogen and oxygen atoms in total. The summed E-state index contributed by atoms with van der Waals surface area (Å²) in [7, 11) is 0. The summed E-state index contributed by atoms with van der Waals surface area (Å²) in [5.74, 6) is 0.258. The molecule has 0 saturated heterocycles. The zero-order valence-electron chi connectivity index (χ0n) is 14.6. The number of anilines is 1. The highest BCUT2D eigenvalue weighted by Gasteiger charge is 2.28. The molecule has 0 unspecified atom stereocenters. The molecular weight excluding hydrogens is 362 g/mol. The Kier molecular flexibility index (Phi) is 5.02. The molecular formula is C20H19N3O3S. The van der Waals surface area contributed by atoms with Crippen molar-refractivity contribution in [1.29, 1.82) is 0 Å². The van der Waals surface area contributed by atoms with Crippen molar-refractivity contribution in [2.24, 2.45) is 0 Å². The molecule has 1 aromatic carbocycles. The van der Waals surface area contributed by atoms with Crippen molar-refractivity contribution in [3.63, 3.8) is 0 Å². The summed E-state index contributed by atoms with van der Waals surface area (Å²) in [5.41, 5.74) is 1.85. The van der Waals surface area contributed by atoms with Gasteiger partial charge in [-0.05, 0) is 36.4 Å². The molecule has 1 saturated carbocycles. The van der Waals surface area contributed by atoms with E-state index in [-0.39, 0.29) is 18.9 Å². The Balaban J connectivity index is 1.40. The lowest BCUT2D eigenvalue weighted by Crippen LogP contribution is -2.22. The Labute approximate surface area is 160 Å². The number of ether oxygens (including phenoxy) is 1. The van der Waals surface area contributed by atoms with E-state index >= 15 is 0 Å². The molecule has 0 radical (unpaired) electrons. The number of hydrogen-bond acceptors (Lipinski definition) is 5. The minimum absolute atomic E-state index is 0.179. The van der Waals surface area contributed by atoms with Crippen LogP contribution < -0.4 is 5.32 Å². The average Bonchev–Trinajstić information content (AvgIpc) is 3.25. The lowest BCUT2D eigenvalue weighted by atomic mass is 10.3. The number of amides is 1. The van der Waals surface area contributed by atoms with Gasteiger partial charge in [-0.15, -0.1) is 11.3 Å². The highest BCUT2D eigenvalue weighted by molar-refractivity contribution is 7.10. The second-order valence-electron chi connectivity index (χ2n) is 6.44. The minimum atomic E-state index is -0.414. The van der Waals surface area contributed by atoms with Crippen LogP contribution in [-0.4, -0.2) is 28.3 Å². The predicted molar refractivity (Wildman–Crippen MR) is 103 cm³/mol. The molecule has 4 rings (SSSR count). The quantitative estimate of drug-likeness (QED) is 0.636. The van der Waals surface area contributed by atoms with E-state index in [1.54, 1.807) is 4.68 Å². The van der Waals surface area contributed by atoms with Crippen molar-refractivity contribution in [2.45, 2.75) is 25.2 Å². The molecule has 2 heterocycles. The lowest BCUT2D eigenvalue weighted by Gasteiger charge is -2.09. The van der Waals surface area contributed by atoms with Gasteiger partial charge in [0.2, 0.25) is 0 Å². The van der Waals surface area contributed by atoms with Crippen molar-refractivity contribution in [2.75, 3.05) is 11.9 Å².